The number of nitrogens with one attached hydrogen (secondary N) is 4. The molecule has 0 saturated heterocycles. The number of rotatable bonds is 14. The average molecular weight is 725 g/mol. The van der Waals surface area contributed by atoms with Crippen molar-refractivity contribution >= 4 is 28.7 Å². The number of carbonyl (C=O) groups is 3. The van der Waals surface area contributed by atoms with Crippen LogP contribution >= 0.6 is 0 Å². The third-order valence-corrected chi connectivity index (χ3v) is 9.20. The van der Waals surface area contributed by atoms with Crippen LogP contribution in [0.15, 0.2) is 102 Å². The number of halogens is 1. The van der Waals surface area contributed by atoms with Crippen LogP contribution in [-0.2, 0) is 21.7 Å². The lowest BCUT2D eigenvalue weighted by Gasteiger charge is -2.36. The van der Waals surface area contributed by atoms with Crippen molar-refractivity contribution in [2.45, 2.75) is 43.2 Å². The van der Waals surface area contributed by atoms with Gasteiger partial charge >= 0.3 is 5.97 Å². The topological polar surface area (TPSA) is 210 Å². The van der Waals surface area contributed by atoms with Crippen LogP contribution in [0.2, 0.25) is 0 Å². The van der Waals surface area contributed by atoms with Gasteiger partial charge in [0.15, 0.2) is 6.61 Å². The standard InChI is InChI=1S/C39H37FN4O9/c40-31-15-22(9-10-23(31)19-41-20-33(46)29-11-13-32(45)36-30(29)12-14-34(47)44-36)37(49)43-27-17-26(18-27)42-35(48)21-53-28-8-4-7-25(16-28)39(52,38(50)51)24-5-2-1-3-6-24/h1-16,26-27,33,41,45-46,52H,17-21H2,(H,42,48)(H,43,49)(H,44,47)(H,50,51)/t26?,27?,33-,39-/m0/s1. The van der Waals surface area contributed by atoms with E-state index in [4.69, 9.17) is 4.74 Å². The quantitative estimate of drug-likeness (QED) is 0.0840. The third-order valence-electron chi connectivity index (χ3n) is 9.20. The number of aromatic amines is 1. The fourth-order valence-electron chi connectivity index (χ4n) is 6.28. The lowest BCUT2D eigenvalue weighted by Crippen LogP contribution is -2.54. The van der Waals surface area contributed by atoms with E-state index in [0.29, 0.717) is 23.8 Å². The number of benzene rings is 4. The maximum absolute atomic E-state index is 14.9. The molecule has 5 aromatic rings. The molecule has 6 rings (SSSR count). The van der Waals surface area contributed by atoms with E-state index >= 15 is 0 Å². The lowest BCUT2D eigenvalue weighted by molar-refractivity contribution is -0.155. The molecule has 2 atom stereocenters. The van der Waals surface area contributed by atoms with Crippen LogP contribution in [0.3, 0.4) is 0 Å². The fourth-order valence-corrected chi connectivity index (χ4v) is 6.28. The predicted octanol–water partition coefficient (Wildman–Crippen LogP) is 2.97. The van der Waals surface area contributed by atoms with E-state index in [2.05, 4.69) is 20.9 Å². The van der Waals surface area contributed by atoms with Gasteiger partial charge in [0, 0.05) is 53.3 Å². The molecule has 13 nitrogen and oxygen atoms in total. The van der Waals surface area contributed by atoms with Crippen molar-refractivity contribution in [3.05, 3.63) is 141 Å². The van der Waals surface area contributed by atoms with E-state index in [-0.39, 0.29) is 71.0 Å². The zero-order chi connectivity index (χ0) is 37.7. The SMILES string of the molecule is O=C(COc1cccc([C@](O)(C(=O)O)c2ccccc2)c1)NC1CC(NC(=O)c2ccc(CNC[C@H](O)c3ccc(O)c4[nH]c(=O)ccc34)c(F)c2)C1. The van der Waals surface area contributed by atoms with E-state index in [1.165, 1.54) is 60.7 Å². The molecule has 1 saturated carbocycles. The van der Waals surface area contributed by atoms with Crippen LogP contribution in [0, 0.1) is 5.82 Å². The van der Waals surface area contributed by atoms with E-state index in [1.54, 1.807) is 30.3 Å². The van der Waals surface area contributed by atoms with E-state index in [1.807, 2.05) is 0 Å². The number of aliphatic carboxylic acids is 1. The lowest BCUT2D eigenvalue weighted by atomic mass is 9.86. The minimum absolute atomic E-state index is 0.0469. The number of aromatic hydroxyl groups is 1. The molecule has 0 radical (unpaired) electrons. The van der Waals surface area contributed by atoms with E-state index in [0.717, 1.165) is 6.07 Å². The summed E-state index contributed by atoms with van der Waals surface area (Å²) >= 11 is 0. The summed E-state index contributed by atoms with van der Waals surface area (Å²) in [5.41, 5.74) is -1.39. The number of carbonyl (C=O) groups excluding carboxylic acids is 2. The number of fused-ring (bicyclic) bond motifs is 1. The molecule has 0 aliphatic heterocycles. The second-order valence-electron chi connectivity index (χ2n) is 12.8. The Hall–Kier alpha value is -6.09. The first kappa shape index (κ1) is 36.7. The van der Waals surface area contributed by atoms with Gasteiger partial charge in [-0.05, 0) is 60.4 Å². The monoisotopic (exact) mass is 724 g/mol. The van der Waals surface area contributed by atoms with Gasteiger partial charge in [-0.2, -0.15) is 0 Å². The second kappa shape index (κ2) is 15.7. The molecular weight excluding hydrogens is 687 g/mol. The maximum Gasteiger partial charge on any atom is 0.345 e. The summed E-state index contributed by atoms with van der Waals surface area (Å²) < 4.78 is 20.5. The molecule has 1 aliphatic rings. The molecule has 1 heterocycles. The number of carboxylic acid groups (broad SMARTS) is 1. The Kier molecular flexibility index (Phi) is 10.8. The summed E-state index contributed by atoms with van der Waals surface area (Å²) in [6, 6.07) is 23.2. The zero-order valence-electron chi connectivity index (χ0n) is 28.2. The molecule has 1 fully saturated rings. The fraction of sp³-hybridized carbons (Fsp3) is 0.231. The summed E-state index contributed by atoms with van der Waals surface area (Å²) in [7, 11) is 0. The van der Waals surface area contributed by atoms with Gasteiger partial charge in [-0.25, -0.2) is 9.18 Å². The number of ether oxygens (including phenoxy) is 1. The molecule has 1 aromatic heterocycles. The number of aromatic nitrogens is 1. The van der Waals surface area contributed by atoms with Gasteiger partial charge in [-0.3, -0.25) is 14.4 Å². The highest BCUT2D eigenvalue weighted by Gasteiger charge is 2.40. The number of phenolic OH excluding ortho intramolecular Hbond substituents is 1. The first-order valence-electron chi connectivity index (χ1n) is 16.8. The molecule has 0 unspecified atom stereocenters. The Morgan fingerprint density at radius 1 is 0.906 bits per heavy atom. The minimum atomic E-state index is -2.32. The van der Waals surface area contributed by atoms with Crippen LogP contribution < -0.4 is 26.2 Å². The number of hydrogen-bond acceptors (Lipinski definition) is 9. The maximum atomic E-state index is 14.9. The van der Waals surface area contributed by atoms with Crippen molar-refractivity contribution in [3.63, 3.8) is 0 Å². The number of phenols is 1. The number of H-pyrrole nitrogens is 1. The molecule has 1 aliphatic carbocycles. The van der Waals surface area contributed by atoms with Gasteiger partial charge in [0.25, 0.3) is 11.8 Å². The summed E-state index contributed by atoms with van der Waals surface area (Å²) in [5.74, 6) is -2.89. The molecule has 2 amide bonds. The van der Waals surface area contributed by atoms with Gasteiger partial charge in [0.2, 0.25) is 11.2 Å². The minimum Gasteiger partial charge on any atom is -0.506 e. The van der Waals surface area contributed by atoms with Gasteiger partial charge in [0.1, 0.15) is 17.3 Å². The van der Waals surface area contributed by atoms with Gasteiger partial charge in [-0.1, -0.05) is 54.6 Å². The predicted molar refractivity (Wildman–Crippen MR) is 191 cm³/mol. The number of aliphatic hydroxyl groups excluding tert-OH is 1. The molecule has 0 spiro atoms. The van der Waals surface area contributed by atoms with E-state index in [9.17, 15) is 44.0 Å². The summed E-state index contributed by atoms with van der Waals surface area (Å²) in [6.07, 6.45) is -0.115. The Morgan fingerprint density at radius 2 is 1.64 bits per heavy atom. The molecule has 53 heavy (non-hydrogen) atoms. The summed E-state index contributed by atoms with van der Waals surface area (Å²) in [5, 5.41) is 50.8. The molecule has 4 aromatic carbocycles. The number of aliphatic hydroxyl groups is 2. The molecular formula is C39H37FN4O9. The Labute approximate surface area is 302 Å². The second-order valence-corrected chi connectivity index (χ2v) is 12.8. The third kappa shape index (κ3) is 8.20. The van der Waals surface area contributed by atoms with Crippen LogP contribution in [-0.4, -0.2) is 68.4 Å². The molecule has 0 bridgehead atoms. The molecule has 274 valence electrons. The zero-order valence-corrected chi connectivity index (χ0v) is 28.2. The van der Waals surface area contributed by atoms with Crippen LogP contribution in [0.1, 0.15) is 51.6 Å². The van der Waals surface area contributed by atoms with Crippen LogP contribution in [0.4, 0.5) is 4.39 Å². The normalized spacial score (nSPS) is 16.9. The Morgan fingerprint density at radius 3 is 2.38 bits per heavy atom. The van der Waals surface area contributed by atoms with Crippen LogP contribution in [0.5, 0.6) is 11.5 Å². The van der Waals surface area contributed by atoms with E-state index < -0.39 is 40.9 Å². The summed E-state index contributed by atoms with van der Waals surface area (Å²) in [4.78, 5) is 51.7. The molecule has 8 N–H and O–H groups in total. The molecule has 14 heteroatoms. The van der Waals surface area contributed by atoms with Crippen molar-refractivity contribution in [1.29, 1.82) is 0 Å². The first-order valence-corrected chi connectivity index (χ1v) is 16.8. The highest BCUT2D eigenvalue weighted by atomic mass is 19.1. The first-order chi connectivity index (χ1) is 25.4. The van der Waals surface area contributed by atoms with Crippen molar-refractivity contribution in [1.82, 2.24) is 20.9 Å². The van der Waals surface area contributed by atoms with Gasteiger partial charge < -0.3 is 46.1 Å². The van der Waals surface area contributed by atoms with Crippen molar-refractivity contribution < 1.29 is 43.9 Å². The van der Waals surface area contributed by atoms with Gasteiger partial charge in [-0.15, -0.1) is 0 Å². The highest BCUT2D eigenvalue weighted by molar-refractivity contribution is 5.94. The van der Waals surface area contributed by atoms with Gasteiger partial charge in [0.05, 0.1) is 11.6 Å². The number of amides is 2. The van der Waals surface area contributed by atoms with Crippen molar-refractivity contribution in [3.8, 4) is 11.5 Å². The number of carboxylic acids is 1. The Balaban J connectivity index is 0.938. The number of pyridine rings is 1. The van der Waals surface area contributed by atoms with Crippen molar-refractivity contribution in [2.75, 3.05) is 13.2 Å². The Bertz CT molecular complexity index is 2210. The highest BCUT2D eigenvalue weighted by Crippen LogP contribution is 2.32. The summed E-state index contributed by atoms with van der Waals surface area (Å²) in [6.45, 7) is -0.247. The smallest absolute Gasteiger partial charge is 0.345 e. The number of hydrogen-bond donors (Lipinski definition) is 8. The average Bonchev–Trinajstić information content (AvgIpc) is 3.14. The van der Waals surface area contributed by atoms with Crippen molar-refractivity contribution in [2.24, 2.45) is 0 Å². The largest absolute Gasteiger partial charge is 0.506 e. The van der Waals surface area contributed by atoms with Crippen LogP contribution in [0.25, 0.3) is 10.9 Å².